The monoisotopic (exact) mass is 921 g/mol. The summed E-state index contributed by atoms with van der Waals surface area (Å²) in [5.74, 6) is -2.26. The molecule has 0 aromatic carbocycles. The molecule has 0 aromatic rings. The van der Waals surface area contributed by atoms with Crippen molar-refractivity contribution in [1.82, 2.24) is 9.80 Å². The Bertz CT molecular complexity index is 1260. The van der Waals surface area contributed by atoms with E-state index in [0.29, 0.717) is 6.42 Å². The van der Waals surface area contributed by atoms with Crippen LogP contribution in [0.3, 0.4) is 0 Å². The van der Waals surface area contributed by atoms with E-state index in [4.69, 9.17) is 23.6 Å². The van der Waals surface area contributed by atoms with Crippen molar-refractivity contribution in [2.24, 2.45) is 11.3 Å². The first-order valence-electron chi connectivity index (χ1n) is 17.0. The fourth-order valence-corrected chi connectivity index (χ4v) is 13.6. The van der Waals surface area contributed by atoms with Crippen LogP contribution < -0.4 is 51.4 Å². The van der Waals surface area contributed by atoms with Crippen LogP contribution in [0.4, 0.5) is 9.59 Å². The van der Waals surface area contributed by atoms with Crippen LogP contribution >= 0.6 is 22.6 Å². The number of carbonyl (C=O) groups is 6. The maximum Gasteiger partial charge on any atom is 1.00 e. The summed E-state index contributed by atoms with van der Waals surface area (Å²) in [5, 5.41) is 0. The van der Waals surface area contributed by atoms with Gasteiger partial charge in [-0.1, -0.05) is 90.5 Å². The van der Waals surface area contributed by atoms with E-state index in [9.17, 15) is 28.8 Å². The SMILES string of the molecule is C=CCC1(C)C(=O)CN(C(=O)OC(C)(C)C)[C@@H]1C(=O)OC.C=CCC1C(=O)CN(C(=O)OC(C)(C)C)[C@@H]1C(=O)OC.CI.C[Si](C)(C)[N-][Si](C)(C)C.[K+]. The van der Waals surface area contributed by atoms with Gasteiger partial charge in [-0.15, -0.1) is 13.2 Å². The molecule has 0 bridgehead atoms. The van der Waals surface area contributed by atoms with Crippen LogP contribution in [0.15, 0.2) is 25.3 Å². The molecule has 2 aliphatic heterocycles. The smallest absolute Gasteiger partial charge is 0.668 e. The summed E-state index contributed by atoms with van der Waals surface area (Å²) < 4.78 is 24.8. The molecular formula is C36H65IKN3O10Si2. The van der Waals surface area contributed by atoms with Crippen LogP contribution in [0.5, 0.6) is 0 Å². The minimum atomic E-state index is -1.11. The van der Waals surface area contributed by atoms with Crippen LogP contribution in [-0.4, -0.2) is 117 Å². The number of carbonyl (C=O) groups excluding carboxylic acids is 6. The third-order valence-electron chi connectivity index (χ3n) is 7.11. The number of allylic oxidation sites excluding steroid dienone is 2. The van der Waals surface area contributed by atoms with Crippen molar-refractivity contribution in [2.75, 3.05) is 32.2 Å². The number of nitrogens with zero attached hydrogens (tertiary/aromatic N) is 3. The van der Waals surface area contributed by atoms with Gasteiger partial charge in [0.15, 0.2) is 11.6 Å². The van der Waals surface area contributed by atoms with Crippen molar-refractivity contribution in [3.63, 3.8) is 0 Å². The molecule has 0 spiro atoms. The van der Waals surface area contributed by atoms with Crippen molar-refractivity contribution in [2.45, 2.75) is 124 Å². The van der Waals surface area contributed by atoms with E-state index in [0.717, 1.165) is 9.80 Å². The van der Waals surface area contributed by atoms with Gasteiger partial charge >= 0.3 is 75.5 Å². The van der Waals surface area contributed by atoms with E-state index >= 15 is 0 Å². The van der Waals surface area contributed by atoms with Gasteiger partial charge in [0.25, 0.3) is 0 Å². The largest absolute Gasteiger partial charge is 1.00 e. The van der Waals surface area contributed by atoms with Gasteiger partial charge in [0.05, 0.1) is 38.6 Å². The standard InChI is InChI=1S/C15H23NO5.C14H21NO5.C6H18NSi2.CH3I.K/c1-7-8-15(5)10(17)9-16(11(15)12(18)20-6)13(19)21-14(2,3)4;1-6-7-9-10(16)8-15(11(9)12(17)19-5)13(18)20-14(2,3)4;1-8(2,3)7-9(4,5)6;1-2;/h7,11H,1,8-9H2,2-6H3;6,9,11H,1,7-8H2,2-5H3;1-6H3;1H3;/q;;-1;;+1/t11-,15?;9?,11-;;;/m10.../s1. The van der Waals surface area contributed by atoms with Crippen LogP contribution in [0, 0.1) is 11.3 Å². The molecular weight excluding hydrogens is 857 g/mol. The molecule has 0 radical (unpaired) electrons. The number of methoxy groups -OCH3 is 2. The van der Waals surface area contributed by atoms with Gasteiger partial charge in [0.1, 0.15) is 23.3 Å². The minimum Gasteiger partial charge on any atom is -0.668 e. The second-order valence-electron chi connectivity index (χ2n) is 16.5. The van der Waals surface area contributed by atoms with Crippen molar-refractivity contribution in [1.29, 1.82) is 0 Å². The summed E-state index contributed by atoms with van der Waals surface area (Å²) in [6.07, 6.45) is 2.33. The number of hydrogen-bond acceptors (Lipinski definition) is 10. The molecule has 0 saturated carbocycles. The van der Waals surface area contributed by atoms with Gasteiger partial charge in [-0.3, -0.25) is 19.4 Å². The molecule has 13 nitrogen and oxygen atoms in total. The van der Waals surface area contributed by atoms with E-state index < -0.39 is 75.2 Å². The summed E-state index contributed by atoms with van der Waals surface area (Å²) >= 11 is 2.15. The number of rotatable bonds is 8. The molecule has 53 heavy (non-hydrogen) atoms. The third kappa shape index (κ3) is 20.2. The Morgan fingerprint density at radius 1 is 0.811 bits per heavy atom. The predicted molar refractivity (Wildman–Crippen MR) is 219 cm³/mol. The first kappa shape index (κ1) is 56.4. The number of likely N-dealkylation sites (tertiary alicyclic amines) is 2. The second-order valence-corrected chi connectivity index (χ2v) is 26.1. The Hall–Kier alpha value is -0.940. The quantitative estimate of drug-likeness (QED) is 0.0845. The second kappa shape index (κ2) is 24.0. The molecule has 300 valence electrons. The molecule has 17 heteroatoms. The number of hydrogen-bond donors (Lipinski definition) is 0. The average Bonchev–Trinajstić information content (AvgIpc) is 3.43. The molecule has 2 heterocycles. The van der Waals surface area contributed by atoms with E-state index in [2.05, 4.69) is 75.0 Å². The fraction of sp³-hybridized carbons (Fsp3) is 0.722. The zero-order valence-electron chi connectivity index (χ0n) is 35.4. The Kier molecular flexibility index (Phi) is 25.5. The van der Waals surface area contributed by atoms with E-state index in [-0.39, 0.29) is 82.5 Å². The fourth-order valence-electron chi connectivity index (χ4n) is 5.57. The molecule has 2 fully saturated rings. The zero-order valence-corrected chi connectivity index (χ0v) is 42.7. The Morgan fingerprint density at radius 2 is 1.23 bits per heavy atom. The van der Waals surface area contributed by atoms with Crippen molar-refractivity contribution in [3.05, 3.63) is 30.0 Å². The van der Waals surface area contributed by atoms with Crippen LogP contribution in [0.1, 0.15) is 61.3 Å². The number of ketones is 2. The molecule has 2 aliphatic rings. The number of amides is 2. The van der Waals surface area contributed by atoms with Crippen LogP contribution in [0.2, 0.25) is 39.3 Å². The predicted octanol–water partition coefficient (Wildman–Crippen LogP) is 4.56. The van der Waals surface area contributed by atoms with Gasteiger partial charge in [-0.25, -0.2) is 19.2 Å². The molecule has 2 saturated heterocycles. The molecule has 0 aliphatic carbocycles. The number of halogens is 1. The zero-order chi connectivity index (χ0) is 41.6. The van der Waals surface area contributed by atoms with E-state index in [1.54, 1.807) is 60.6 Å². The van der Waals surface area contributed by atoms with Gasteiger partial charge in [0, 0.05) is 0 Å². The van der Waals surface area contributed by atoms with Gasteiger partial charge in [-0.2, -0.15) is 0 Å². The summed E-state index contributed by atoms with van der Waals surface area (Å²) in [5.41, 5.74) is -2.44. The van der Waals surface area contributed by atoms with Crippen LogP contribution in [-0.2, 0) is 38.1 Å². The number of alkyl halides is 1. The summed E-state index contributed by atoms with van der Waals surface area (Å²) in [4.78, 5) is 76.8. The summed E-state index contributed by atoms with van der Waals surface area (Å²) in [6.45, 7) is 32.6. The topological polar surface area (TPSA) is 160 Å². The Labute approximate surface area is 377 Å². The van der Waals surface area contributed by atoms with Crippen LogP contribution in [0.25, 0.3) is 4.65 Å². The third-order valence-corrected chi connectivity index (χ3v) is 12.5. The number of Topliss-reactive ketones (excluding diaryl/α,β-unsaturated/α-hetero) is 2. The van der Waals surface area contributed by atoms with E-state index in [1.165, 1.54) is 14.2 Å². The van der Waals surface area contributed by atoms with Crippen molar-refractivity contribution >= 4 is 74.8 Å². The maximum atomic E-state index is 12.3. The molecule has 2 amide bonds. The van der Waals surface area contributed by atoms with Gasteiger partial charge in [-0.05, 0) is 66.2 Å². The average molecular weight is 922 g/mol. The molecule has 2 rings (SSSR count). The summed E-state index contributed by atoms with van der Waals surface area (Å²) in [7, 11) is 0.243. The van der Waals surface area contributed by atoms with Gasteiger partial charge in [0.2, 0.25) is 0 Å². The van der Waals surface area contributed by atoms with Crippen molar-refractivity contribution < 1.29 is 99.1 Å². The number of esters is 2. The first-order valence-corrected chi connectivity index (χ1v) is 26.1. The maximum absolute atomic E-state index is 12.3. The molecule has 4 atom stereocenters. The van der Waals surface area contributed by atoms with E-state index in [1.807, 2.05) is 4.93 Å². The Balaban J connectivity index is -0.000000732. The number of ether oxygens (including phenoxy) is 4. The minimum absolute atomic E-state index is 0. The molecule has 0 N–H and O–H groups in total. The molecule has 2 unspecified atom stereocenters. The van der Waals surface area contributed by atoms with Gasteiger partial charge < -0.3 is 23.6 Å². The normalized spacial score (nSPS) is 21.2. The summed E-state index contributed by atoms with van der Waals surface area (Å²) in [6, 6.07) is -1.94. The first-order chi connectivity index (χ1) is 23.5. The van der Waals surface area contributed by atoms with Crippen molar-refractivity contribution in [3.8, 4) is 0 Å². The Morgan fingerprint density at radius 3 is 1.55 bits per heavy atom. The molecule has 0 aromatic heterocycles.